The molecule has 0 atom stereocenters. The average Bonchev–Trinajstić information content (AvgIpc) is 2.52. The molecule has 2 rings (SSSR count). The summed E-state index contributed by atoms with van der Waals surface area (Å²) in [4.78, 5) is 0. The number of benzene rings is 2. The van der Waals surface area contributed by atoms with E-state index in [9.17, 15) is 0 Å². The standard InChI is InChI=1S/C18H19Cl2NO/c1-2-11-22-17-7-3-14(4-8-17)13-21-10-9-15-5-6-16(19)12-18(15)20/h2-8,12,21H,1,9-11,13H2. The van der Waals surface area contributed by atoms with Crippen molar-refractivity contribution in [2.24, 2.45) is 0 Å². The first-order valence-corrected chi connectivity index (χ1v) is 7.92. The molecule has 0 amide bonds. The minimum absolute atomic E-state index is 0.527. The second-order valence-electron chi connectivity index (χ2n) is 4.91. The maximum absolute atomic E-state index is 6.15. The summed E-state index contributed by atoms with van der Waals surface area (Å²) in [5, 5.41) is 4.79. The molecule has 0 saturated carbocycles. The van der Waals surface area contributed by atoms with Gasteiger partial charge in [-0.25, -0.2) is 0 Å². The maximum atomic E-state index is 6.15. The van der Waals surface area contributed by atoms with Crippen LogP contribution in [0, 0.1) is 0 Å². The lowest BCUT2D eigenvalue weighted by atomic mass is 10.1. The highest BCUT2D eigenvalue weighted by Gasteiger charge is 2.01. The van der Waals surface area contributed by atoms with E-state index in [-0.39, 0.29) is 0 Å². The molecule has 0 spiro atoms. The van der Waals surface area contributed by atoms with Crippen molar-refractivity contribution < 1.29 is 4.74 Å². The Morgan fingerprint density at radius 3 is 2.55 bits per heavy atom. The number of hydrogen-bond acceptors (Lipinski definition) is 2. The SMILES string of the molecule is C=CCOc1ccc(CNCCc2ccc(Cl)cc2Cl)cc1. The van der Waals surface area contributed by atoms with Gasteiger partial charge in [-0.15, -0.1) is 0 Å². The summed E-state index contributed by atoms with van der Waals surface area (Å²) in [5.41, 5.74) is 2.32. The molecule has 0 aromatic heterocycles. The largest absolute Gasteiger partial charge is 0.490 e. The van der Waals surface area contributed by atoms with Gasteiger partial charge in [0.05, 0.1) is 0 Å². The summed E-state index contributed by atoms with van der Waals surface area (Å²) in [6.07, 6.45) is 2.61. The zero-order valence-electron chi connectivity index (χ0n) is 12.3. The summed E-state index contributed by atoms with van der Waals surface area (Å²) in [5.74, 6) is 0.858. The fourth-order valence-corrected chi connectivity index (χ4v) is 2.54. The topological polar surface area (TPSA) is 21.3 Å². The molecule has 0 unspecified atom stereocenters. The first-order valence-electron chi connectivity index (χ1n) is 7.16. The molecule has 116 valence electrons. The first kappa shape index (κ1) is 16.9. The number of halogens is 2. The Bertz CT molecular complexity index is 611. The Morgan fingerprint density at radius 2 is 1.86 bits per heavy atom. The Morgan fingerprint density at radius 1 is 1.09 bits per heavy atom. The van der Waals surface area contributed by atoms with Crippen molar-refractivity contribution in [3.63, 3.8) is 0 Å². The van der Waals surface area contributed by atoms with Gasteiger partial charge in [-0.1, -0.05) is 54.1 Å². The molecule has 0 radical (unpaired) electrons. The van der Waals surface area contributed by atoms with Crippen LogP contribution in [0.1, 0.15) is 11.1 Å². The Hall–Kier alpha value is -1.48. The van der Waals surface area contributed by atoms with Crippen molar-refractivity contribution >= 4 is 23.2 Å². The Labute approximate surface area is 141 Å². The van der Waals surface area contributed by atoms with Crippen molar-refractivity contribution in [3.8, 4) is 5.75 Å². The molecule has 0 bridgehead atoms. The molecule has 2 nitrogen and oxygen atoms in total. The number of nitrogens with one attached hydrogen (secondary N) is 1. The van der Waals surface area contributed by atoms with Gasteiger partial charge in [0.1, 0.15) is 12.4 Å². The molecular formula is C18H19Cl2NO. The minimum atomic E-state index is 0.527. The summed E-state index contributed by atoms with van der Waals surface area (Å²) >= 11 is 12.0. The summed E-state index contributed by atoms with van der Waals surface area (Å²) in [7, 11) is 0. The fraction of sp³-hybridized carbons (Fsp3) is 0.222. The van der Waals surface area contributed by atoms with E-state index in [4.69, 9.17) is 27.9 Å². The zero-order chi connectivity index (χ0) is 15.8. The lowest BCUT2D eigenvalue weighted by molar-refractivity contribution is 0.363. The number of ether oxygens (including phenoxy) is 1. The van der Waals surface area contributed by atoms with Crippen molar-refractivity contribution in [2.45, 2.75) is 13.0 Å². The van der Waals surface area contributed by atoms with Gasteiger partial charge < -0.3 is 10.1 Å². The van der Waals surface area contributed by atoms with Crippen molar-refractivity contribution in [3.05, 3.63) is 76.3 Å². The zero-order valence-corrected chi connectivity index (χ0v) is 13.8. The second-order valence-corrected chi connectivity index (χ2v) is 5.75. The molecule has 0 aliphatic rings. The molecule has 0 heterocycles. The van der Waals surface area contributed by atoms with E-state index in [1.807, 2.05) is 24.3 Å². The molecule has 4 heteroatoms. The predicted molar refractivity (Wildman–Crippen MR) is 94.0 cm³/mol. The average molecular weight is 336 g/mol. The molecule has 1 N–H and O–H groups in total. The lowest BCUT2D eigenvalue weighted by Crippen LogP contribution is -2.16. The second kappa shape index (κ2) is 8.84. The number of hydrogen-bond donors (Lipinski definition) is 1. The third-order valence-corrected chi connectivity index (χ3v) is 3.79. The van der Waals surface area contributed by atoms with Gasteiger partial charge in [0.25, 0.3) is 0 Å². The highest BCUT2D eigenvalue weighted by atomic mass is 35.5. The summed E-state index contributed by atoms with van der Waals surface area (Å²) < 4.78 is 5.45. The lowest BCUT2D eigenvalue weighted by Gasteiger charge is -2.08. The van der Waals surface area contributed by atoms with E-state index in [0.717, 1.165) is 35.8 Å². The van der Waals surface area contributed by atoms with Gasteiger partial charge in [0, 0.05) is 16.6 Å². The monoisotopic (exact) mass is 335 g/mol. The quantitative estimate of drug-likeness (QED) is 0.547. The van der Waals surface area contributed by atoms with Crippen LogP contribution in [-0.2, 0) is 13.0 Å². The van der Waals surface area contributed by atoms with Crippen LogP contribution >= 0.6 is 23.2 Å². The molecule has 2 aromatic carbocycles. The van der Waals surface area contributed by atoms with Gasteiger partial charge in [0.2, 0.25) is 0 Å². The van der Waals surface area contributed by atoms with E-state index < -0.39 is 0 Å². The highest BCUT2D eigenvalue weighted by Crippen LogP contribution is 2.21. The Balaban J connectivity index is 1.75. The third kappa shape index (κ3) is 5.38. The fourth-order valence-electron chi connectivity index (χ4n) is 2.04. The van der Waals surface area contributed by atoms with Gasteiger partial charge in [-0.3, -0.25) is 0 Å². The van der Waals surface area contributed by atoms with Gasteiger partial charge in [-0.2, -0.15) is 0 Å². The van der Waals surface area contributed by atoms with Crippen LogP contribution < -0.4 is 10.1 Å². The highest BCUT2D eigenvalue weighted by molar-refractivity contribution is 6.35. The third-order valence-electron chi connectivity index (χ3n) is 3.21. The van der Waals surface area contributed by atoms with Gasteiger partial charge in [-0.05, 0) is 48.4 Å². The van der Waals surface area contributed by atoms with Crippen molar-refractivity contribution in [1.29, 1.82) is 0 Å². The van der Waals surface area contributed by atoms with Gasteiger partial charge >= 0.3 is 0 Å². The molecule has 0 aliphatic carbocycles. The number of rotatable bonds is 8. The van der Waals surface area contributed by atoms with Crippen molar-refractivity contribution in [1.82, 2.24) is 5.32 Å². The van der Waals surface area contributed by atoms with Crippen LogP contribution in [0.2, 0.25) is 10.0 Å². The van der Waals surface area contributed by atoms with E-state index in [1.165, 1.54) is 5.56 Å². The van der Waals surface area contributed by atoms with Crippen LogP contribution in [0.4, 0.5) is 0 Å². The van der Waals surface area contributed by atoms with E-state index >= 15 is 0 Å². The smallest absolute Gasteiger partial charge is 0.119 e. The molecule has 0 fully saturated rings. The van der Waals surface area contributed by atoms with Gasteiger partial charge in [0.15, 0.2) is 0 Å². The van der Waals surface area contributed by atoms with Crippen LogP contribution in [-0.4, -0.2) is 13.2 Å². The van der Waals surface area contributed by atoms with Crippen molar-refractivity contribution in [2.75, 3.05) is 13.2 Å². The predicted octanol–water partition coefficient (Wildman–Crippen LogP) is 4.89. The molecule has 0 saturated heterocycles. The molecule has 0 aliphatic heterocycles. The summed E-state index contributed by atoms with van der Waals surface area (Å²) in [6, 6.07) is 13.7. The molecule has 2 aromatic rings. The van der Waals surface area contributed by atoms with Crippen LogP contribution in [0.3, 0.4) is 0 Å². The van der Waals surface area contributed by atoms with Crippen LogP contribution in [0.15, 0.2) is 55.1 Å². The van der Waals surface area contributed by atoms with E-state index in [0.29, 0.717) is 11.6 Å². The normalized spacial score (nSPS) is 10.5. The molecular weight excluding hydrogens is 317 g/mol. The Kier molecular flexibility index (Phi) is 6.78. The maximum Gasteiger partial charge on any atom is 0.119 e. The van der Waals surface area contributed by atoms with E-state index in [2.05, 4.69) is 24.0 Å². The minimum Gasteiger partial charge on any atom is -0.490 e. The summed E-state index contributed by atoms with van der Waals surface area (Å²) in [6.45, 7) is 5.82. The van der Waals surface area contributed by atoms with Crippen LogP contribution in [0.25, 0.3) is 0 Å². The van der Waals surface area contributed by atoms with E-state index in [1.54, 1.807) is 12.1 Å². The molecule has 22 heavy (non-hydrogen) atoms. The first-order chi connectivity index (χ1) is 10.7. The van der Waals surface area contributed by atoms with Crippen LogP contribution in [0.5, 0.6) is 5.75 Å².